The third kappa shape index (κ3) is 7.73. The summed E-state index contributed by atoms with van der Waals surface area (Å²) in [6, 6.07) is 14.8. The van der Waals surface area contributed by atoms with Gasteiger partial charge in [-0.1, -0.05) is 43.2 Å². The minimum atomic E-state index is -0.480. The highest BCUT2D eigenvalue weighted by atomic mass is 16.5. The van der Waals surface area contributed by atoms with E-state index < -0.39 is 11.8 Å². The Morgan fingerprint density at radius 1 is 1.11 bits per heavy atom. The molecule has 2 N–H and O–H groups in total. The molecule has 2 amide bonds. The maximum Gasteiger partial charge on any atom is 0.249 e. The molecule has 0 aliphatic heterocycles. The fourth-order valence-electron chi connectivity index (χ4n) is 2.23. The predicted molar refractivity (Wildman–Crippen MR) is 107 cm³/mol. The summed E-state index contributed by atoms with van der Waals surface area (Å²) in [7, 11) is 0. The predicted octanol–water partition coefficient (Wildman–Crippen LogP) is 3.65. The molecule has 6 heteroatoms. The number of carbonyl (C=O) groups excluding carboxylic acids is 2. The molecule has 142 valence electrons. The molecule has 27 heavy (non-hydrogen) atoms. The highest BCUT2D eigenvalue weighted by molar-refractivity contribution is 6.03. The first-order valence-electron chi connectivity index (χ1n) is 8.98. The van der Waals surface area contributed by atoms with Gasteiger partial charge in [0, 0.05) is 5.69 Å². The van der Waals surface area contributed by atoms with Gasteiger partial charge in [0.05, 0.1) is 12.8 Å². The summed E-state index contributed by atoms with van der Waals surface area (Å²) in [5.74, 6) is -0.111. The third-order valence-corrected chi connectivity index (χ3v) is 3.68. The van der Waals surface area contributed by atoms with Gasteiger partial charge in [0.15, 0.2) is 0 Å². The highest BCUT2D eigenvalue weighted by Gasteiger charge is 2.08. The van der Waals surface area contributed by atoms with Crippen LogP contribution in [0.4, 0.5) is 5.69 Å². The number of hydrogen-bond donors (Lipinski definition) is 2. The molecule has 2 rings (SSSR count). The Balaban J connectivity index is 1.78. The molecule has 0 atom stereocenters. The highest BCUT2D eigenvalue weighted by Crippen LogP contribution is 2.12. The summed E-state index contributed by atoms with van der Waals surface area (Å²) in [6.45, 7) is 4.74. The lowest BCUT2D eigenvalue weighted by molar-refractivity contribution is -0.126. The van der Waals surface area contributed by atoms with Crippen molar-refractivity contribution in [3.05, 3.63) is 59.7 Å². The van der Waals surface area contributed by atoms with Crippen molar-refractivity contribution in [2.24, 2.45) is 5.10 Å². The minimum absolute atomic E-state index is 0.300. The molecule has 0 fully saturated rings. The molecule has 0 spiro atoms. The maximum absolute atomic E-state index is 11.9. The lowest BCUT2D eigenvalue weighted by atomic mass is 10.2. The van der Waals surface area contributed by atoms with Crippen molar-refractivity contribution in [3.8, 4) is 5.75 Å². The molecule has 2 aromatic rings. The van der Waals surface area contributed by atoms with Gasteiger partial charge in [0.1, 0.15) is 12.2 Å². The monoisotopic (exact) mass is 367 g/mol. The van der Waals surface area contributed by atoms with E-state index in [2.05, 4.69) is 22.8 Å². The van der Waals surface area contributed by atoms with E-state index in [1.54, 1.807) is 12.1 Å². The summed E-state index contributed by atoms with van der Waals surface area (Å²) < 4.78 is 5.63. The van der Waals surface area contributed by atoms with Crippen LogP contribution in [0.15, 0.2) is 53.6 Å². The lowest BCUT2D eigenvalue weighted by Crippen LogP contribution is -2.24. The first-order chi connectivity index (χ1) is 13.1. The number of aryl methyl sites for hydroxylation is 1. The minimum Gasteiger partial charge on any atom is -0.494 e. The Kier molecular flexibility index (Phi) is 8.03. The number of carbonyl (C=O) groups is 2. The van der Waals surface area contributed by atoms with Crippen molar-refractivity contribution in [1.29, 1.82) is 0 Å². The van der Waals surface area contributed by atoms with Crippen LogP contribution in [-0.4, -0.2) is 24.6 Å². The number of amides is 2. The van der Waals surface area contributed by atoms with Crippen molar-refractivity contribution in [3.63, 3.8) is 0 Å². The lowest BCUT2D eigenvalue weighted by Gasteiger charge is -2.06. The molecule has 0 saturated heterocycles. The molecule has 0 aliphatic rings. The van der Waals surface area contributed by atoms with Gasteiger partial charge in [-0.3, -0.25) is 9.59 Å². The van der Waals surface area contributed by atoms with Crippen LogP contribution in [0.5, 0.6) is 5.75 Å². The van der Waals surface area contributed by atoms with Gasteiger partial charge >= 0.3 is 0 Å². The van der Waals surface area contributed by atoms with Crippen molar-refractivity contribution >= 4 is 23.7 Å². The fraction of sp³-hybridized carbons (Fsp3) is 0.286. The molecule has 0 heterocycles. The van der Waals surface area contributed by atoms with E-state index in [-0.39, 0.29) is 6.42 Å². The zero-order valence-electron chi connectivity index (χ0n) is 15.7. The second-order valence-electron chi connectivity index (χ2n) is 6.16. The summed E-state index contributed by atoms with van der Waals surface area (Å²) >= 11 is 0. The van der Waals surface area contributed by atoms with Crippen LogP contribution >= 0.6 is 0 Å². The van der Waals surface area contributed by atoms with Crippen LogP contribution in [0.1, 0.15) is 37.3 Å². The molecule has 2 aromatic carbocycles. The normalized spacial score (nSPS) is 10.6. The zero-order chi connectivity index (χ0) is 19.5. The van der Waals surface area contributed by atoms with Gasteiger partial charge in [-0.05, 0) is 43.2 Å². The van der Waals surface area contributed by atoms with E-state index >= 15 is 0 Å². The molecule has 0 aliphatic carbocycles. The molecule has 0 bridgehead atoms. The number of ether oxygens (including phenoxy) is 1. The molecule has 0 unspecified atom stereocenters. The van der Waals surface area contributed by atoms with E-state index in [0.717, 1.165) is 29.7 Å². The number of hydrogen-bond acceptors (Lipinski definition) is 4. The molecular weight excluding hydrogens is 342 g/mol. The van der Waals surface area contributed by atoms with Crippen LogP contribution < -0.4 is 15.5 Å². The number of nitrogens with one attached hydrogen (secondary N) is 2. The fourth-order valence-corrected chi connectivity index (χ4v) is 2.23. The summed E-state index contributed by atoms with van der Waals surface area (Å²) in [4.78, 5) is 23.7. The average molecular weight is 367 g/mol. The van der Waals surface area contributed by atoms with Gasteiger partial charge in [-0.2, -0.15) is 5.10 Å². The largest absolute Gasteiger partial charge is 0.494 e. The maximum atomic E-state index is 11.9. The first kappa shape index (κ1) is 20.2. The summed E-state index contributed by atoms with van der Waals surface area (Å²) in [5.41, 5.74) is 4.91. The van der Waals surface area contributed by atoms with Crippen LogP contribution in [0.2, 0.25) is 0 Å². The van der Waals surface area contributed by atoms with E-state index in [4.69, 9.17) is 4.74 Å². The number of benzene rings is 2. The second kappa shape index (κ2) is 10.8. The van der Waals surface area contributed by atoms with Crippen molar-refractivity contribution in [2.45, 2.75) is 33.1 Å². The van der Waals surface area contributed by atoms with Crippen LogP contribution in [0, 0.1) is 6.92 Å². The van der Waals surface area contributed by atoms with Crippen LogP contribution in [-0.2, 0) is 9.59 Å². The number of hydrazone groups is 1. The third-order valence-electron chi connectivity index (χ3n) is 3.68. The molecular formula is C21H25N3O3. The van der Waals surface area contributed by atoms with Crippen molar-refractivity contribution in [1.82, 2.24) is 5.43 Å². The number of rotatable bonds is 9. The van der Waals surface area contributed by atoms with Gasteiger partial charge in [-0.25, -0.2) is 5.43 Å². The van der Waals surface area contributed by atoms with Crippen molar-refractivity contribution < 1.29 is 14.3 Å². The van der Waals surface area contributed by atoms with Gasteiger partial charge < -0.3 is 10.1 Å². The standard InChI is InChI=1S/C21H25N3O3/c1-3-4-12-27-19-7-5-6-17(13-19)15-22-24-21(26)14-20(25)23-18-10-8-16(2)9-11-18/h5-11,13,15H,3-4,12,14H2,1-2H3,(H,23,25)(H,24,26). The Morgan fingerprint density at radius 2 is 1.89 bits per heavy atom. The SMILES string of the molecule is CCCCOc1cccc(C=NNC(=O)CC(=O)Nc2ccc(C)cc2)c1. The molecule has 0 saturated carbocycles. The van der Waals surface area contributed by atoms with Crippen LogP contribution in [0.25, 0.3) is 0 Å². The molecule has 0 radical (unpaired) electrons. The second-order valence-corrected chi connectivity index (χ2v) is 6.16. The Morgan fingerprint density at radius 3 is 2.63 bits per heavy atom. The number of anilines is 1. The van der Waals surface area contributed by atoms with Gasteiger partial charge in [0.2, 0.25) is 11.8 Å². The topological polar surface area (TPSA) is 79.8 Å². The first-order valence-corrected chi connectivity index (χ1v) is 8.98. The van der Waals surface area contributed by atoms with E-state index in [0.29, 0.717) is 12.3 Å². The number of nitrogens with zero attached hydrogens (tertiary/aromatic N) is 1. The van der Waals surface area contributed by atoms with E-state index in [1.165, 1.54) is 6.21 Å². The Hall–Kier alpha value is -3.15. The average Bonchev–Trinajstić information content (AvgIpc) is 2.64. The van der Waals surface area contributed by atoms with E-state index in [1.807, 2.05) is 43.3 Å². The number of unbranched alkanes of at least 4 members (excludes halogenated alkanes) is 1. The molecule has 0 aromatic heterocycles. The Bertz CT molecular complexity index is 786. The quantitative estimate of drug-likeness (QED) is 0.307. The van der Waals surface area contributed by atoms with Gasteiger partial charge in [-0.15, -0.1) is 0 Å². The smallest absolute Gasteiger partial charge is 0.249 e. The van der Waals surface area contributed by atoms with E-state index in [9.17, 15) is 9.59 Å². The summed E-state index contributed by atoms with van der Waals surface area (Å²) in [6.07, 6.45) is 3.29. The van der Waals surface area contributed by atoms with Crippen molar-refractivity contribution in [2.75, 3.05) is 11.9 Å². The Labute approximate surface area is 159 Å². The molecule has 6 nitrogen and oxygen atoms in total. The van der Waals surface area contributed by atoms with Gasteiger partial charge in [0.25, 0.3) is 0 Å². The zero-order valence-corrected chi connectivity index (χ0v) is 15.7. The van der Waals surface area contributed by atoms with Crippen LogP contribution in [0.3, 0.4) is 0 Å². The summed E-state index contributed by atoms with van der Waals surface area (Å²) in [5, 5.41) is 6.56.